The minimum atomic E-state index is -0.239. The summed E-state index contributed by atoms with van der Waals surface area (Å²) < 4.78 is 4.79. The lowest BCUT2D eigenvalue weighted by Gasteiger charge is -1.86. The quantitative estimate of drug-likeness (QED) is 0.361. The van der Waals surface area contributed by atoms with Crippen LogP contribution < -0.4 is 0 Å². The Labute approximate surface area is 88.6 Å². The number of esters is 1. The van der Waals surface area contributed by atoms with Crippen LogP contribution in [-0.2, 0) is 9.53 Å². The second-order valence-corrected chi connectivity index (χ2v) is 3.19. The van der Waals surface area contributed by atoms with Crippen LogP contribution in [0.15, 0.2) is 42.0 Å². The van der Waals surface area contributed by atoms with Crippen LogP contribution in [0.3, 0.4) is 0 Å². The van der Waals surface area contributed by atoms with Gasteiger partial charge in [0.2, 0.25) is 0 Å². The lowest BCUT2D eigenvalue weighted by atomic mass is 10.2. The second-order valence-electron chi connectivity index (χ2n) is 3.19. The fraction of sp³-hybridized carbons (Fsp3) is 0.154. The van der Waals surface area contributed by atoms with Crippen molar-refractivity contribution in [3.05, 3.63) is 47.5 Å². The highest BCUT2D eigenvalue weighted by Crippen LogP contribution is 2.11. The molecule has 0 aromatic heterocycles. The minimum Gasteiger partial charge on any atom is -0.462 e. The van der Waals surface area contributed by atoms with Crippen molar-refractivity contribution in [2.75, 3.05) is 6.61 Å². The van der Waals surface area contributed by atoms with Crippen molar-refractivity contribution < 1.29 is 9.53 Å². The molecular formula is C13H10O2. The maximum absolute atomic E-state index is 11.1. The van der Waals surface area contributed by atoms with Gasteiger partial charge in [-0.3, -0.25) is 0 Å². The molecule has 2 heteroatoms. The molecule has 15 heavy (non-hydrogen) atoms. The summed E-state index contributed by atoms with van der Waals surface area (Å²) in [5.41, 5.74) is 1.61. The molecule has 0 unspecified atom stereocenters. The van der Waals surface area contributed by atoms with Crippen LogP contribution in [0.1, 0.15) is 12.0 Å². The van der Waals surface area contributed by atoms with E-state index in [9.17, 15) is 4.79 Å². The van der Waals surface area contributed by atoms with E-state index in [0.29, 0.717) is 18.6 Å². The zero-order valence-electron chi connectivity index (χ0n) is 8.19. The van der Waals surface area contributed by atoms with Gasteiger partial charge >= 0.3 is 5.97 Å². The highest BCUT2D eigenvalue weighted by molar-refractivity contribution is 5.90. The fourth-order valence-corrected chi connectivity index (χ4v) is 1.31. The van der Waals surface area contributed by atoms with Crippen LogP contribution in [-0.4, -0.2) is 12.6 Å². The molecule has 1 fully saturated rings. The van der Waals surface area contributed by atoms with Crippen LogP contribution >= 0.6 is 0 Å². The van der Waals surface area contributed by atoms with Gasteiger partial charge in [-0.2, -0.15) is 0 Å². The first-order valence-electron chi connectivity index (χ1n) is 4.79. The summed E-state index contributed by atoms with van der Waals surface area (Å²) in [7, 11) is 0. The lowest BCUT2D eigenvalue weighted by molar-refractivity contribution is -0.135. The highest BCUT2D eigenvalue weighted by atomic mass is 16.5. The molecule has 0 amide bonds. The molecule has 74 valence electrons. The third kappa shape index (κ3) is 2.47. The van der Waals surface area contributed by atoms with Crippen molar-refractivity contribution in [3.63, 3.8) is 0 Å². The molecule has 1 aromatic carbocycles. The van der Waals surface area contributed by atoms with Gasteiger partial charge < -0.3 is 4.74 Å². The average Bonchev–Trinajstić information content (AvgIpc) is 2.66. The Balaban J connectivity index is 2.10. The Hall–Kier alpha value is -2.01. The molecule has 1 aromatic rings. The molecule has 2 rings (SSSR count). The fourth-order valence-electron chi connectivity index (χ4n) is 1.31. The van der Waals surface area contributed by atoms with Crippen molar-refractivity contribution in [3.8, 4) is 11.8 Å². The third-order valence-corrected chi connectivity index (χ3v) is 2.10. The van der Waals surface area contributed by atoms with E-state index in [2.05, 4.69) is 11.8 Å². The van der Waals surface area contributed by atoms with Gasteiger partial charge in [-0.05, 0) is 18.2 Å². The first-order chi connectivity index (χ1) is 7.36. The van der Waals surface area contributed by atoms with Crippen molar-refractivity contribution in [1.82, 2.24) is 0 Å². The van der Waals surface area contributed by atoms with Crippen LogP contribution in [0.4, 0.5) is 0 Å². The number of ether oxygens (including phenoxy) is 1. The Bertz CT molecular complexity index is 446. The number of hydrogen-bond donors (Lipinski definition) is 0. The number of rotatable bonds is 0. The van der Waals surface area contributed by atoms with E-state index in [4.69, 9.17) is 4.74 Å². The zero-order chi connectivity index (χ0) is 10.5. The van der Waals surface area contributed by atoms with E-state index in [0.717, 1.165) is 5.56 Å². The van der Waals surface area contributed by atoms with Crippen LogP contribution in [0.2, 0.25) is 0 Å². The van der Waals surface area contributed by atoms with Crippen molar-refractivity contribution in [1.29, 1.82) is 0 Å². The Morgan fingerprint density at radius 2 is 2.07 bits per heavy atom. The van der Waals surface area contributed by atoms with Crippen LogP contribution in [0.5, 0.6) is 0 Å². The second kappa shape index (κ2) is 4.47. The molecule has 0 N–H and O–H groups in total. The van der Waals surface area contributed by atoms with E-state index in [-0.39, 0.29) is 5.97 Å². The summed E-state index contributed by atoms with van der Waals surface area (Å²) >= 11 is 0. The third-order valence-electron chi connectivity index (χ3n) is 2.10. The number of allylic oxidation sites excluding steroid dienone is 1. The molecule has 0 bridgehead atoms. The molecule has 2 nitrogen and oxygen atoms in total. The monoisotopic (exact) mass is 198 g/mol. The Kier molecular flexibility index (Phi) is 2.85. The normalized spacial score (nSPS) is 17.1. The molecule has 1 saturated heterocycles. The van der Waals surface area contributed by atoms with Gasteiger partial charge in [-0.25, -0.2) is 4.79 Å². The topological polar surface area (TPSA) is 26.3 Å². The first kappa shape index (κ1) is 9.54. The van der Waals surface area contributed by atoms with Gasteiger partial charge in [0, 0.05) is 17.6 Å². The number of cyclic esters (lactones) is 1. The Morgan fingerprint density at radius 3 is 2.73 bits per heavy atom. The van der Waals surface area contributed by atoms with E-state index in [1.54, 1.807) is 6.08 Å². The summed E-state index contributed by atoms with van der Waals surface area (Å²) in [4.78, 5) is 11.1. The summed E-state index contributed by atoms with van der Waals surface area (Å²) in [5, 5.41) is 0. The van der Waals surface area contributed by atoms with E-state index < -0.39 is 0 Å². The molecule has 1 aliphatic rings. The summed E-state index contributed by atoms with van der Waals surface area (Å²) in [6.07, 6.45) is 2.31. The predicted molar refractivity (Wildman–Crippen MR) is 57.0 cm³/mol. The largest absolute Gasteiger partial charge is 0.462 e. The smallest absolute Gasteiger partial charge is 0.334 e. The van der Waals surface area contributed by atoms with Gasteiger partial charge in [0.05, 0.1) is 6.61 Å². The maximum atomic E-state index is 11.1. The molecule has 0 saturated carbocycles. The van der Waals surface area contributed by atoms with Crippen molar-refractivity contribution in [2.45, 2.75) is 6.42 Å². The van der Waals surface area contributed by atoms with Gasteiger partial charge in [0.1, 0.15) is 0 Å². The van der Waals surface area contributed by atoms with Gasteiger partial charge in [0.15, 0.2) is 0 Å². The zero-order valence-corrected chi connectivity index (χ0v) is 8.19. The molecule has 1 aliphatic heterocycles. The number of carbonyl (C=O) groups excluding carboxylic acids is 1. The SMILES string of the molecule is O=C1OCCC1=CC#Cc1ccccc1. The number of carbonyl (C=O) groups is 1. The molecule has 0 atom stereocenters. The van der Waals surface area contributed by atoms with Gasteiger partial charge in [0.25, 0.3) is 0 Å². The first-order valence-corrected chi connectivity index (χ1v) is 4.79. The van der Waals surface area contributed by atoms with Crippen molar-refractivity contribution >= 4 is 5.97 Å². The molecule has 1 heterocycles. The van der Waals surface area contributed by atoms with Crippen LogP contribution in [0.25, 0.3) is 0 Å². The van der Waals surface area contributed by atoms with E-state index in [1.165, 1.54) is 0 Å². The average molecular weight is 198 g/mol. The Morgan fingerprint density at radius 1 is 1.27 bits per heavy atom. The van der Waals surface area contributed by atoms with Crippen LogP contribution in [0, 0.1) is 11.8 Å². The maximum Gasteiger partial charge on any atom is 0.334 e. The predicted octanol–water partition coefficient (Wildman–Crippen LogP) is 1.91. The minimum absolute atomic E-state index is 0.239. The summed E-state index contributed by atoms with van der Waals surface area (Å²) in [5.74, 6) is 5.58. The molecule has 0 aliphatic carbocycles. The lowest BCUT2D eigenvalue weighted by Crippen LogP contribution is -1.93. The standard InChI is InChI=1S/C13H10O2/c14-13-12(9-10-15-13)8-4-7-11-5-2-1-3-6-11/h1-3,5-6,8H,9-10H2. The van der Waals surface area contributed by atoms with Crippen molar-refractivity contribution in [2.24, 2.45) is 0 Å². The molecule has 0 radical (unpaired) electrons. The number of hydrogen-bond acceptors (Lipinski definition) is 2. The van der Waals surface area contributed by atoms with Gasteiger partial charge in [-0.1, -0.05) is 30.0 Å². The summed E-state index contributed by atoms with van der Waals surface area (Å²) in [6.45, 7) is 0.484. The number of benzene rings is 1. The summed E-state index contributed by atoms with van der Waals surface area (Å²) in [6, 6.07) is 9.66. The van der Waals surface area contributed by atoms with E-state index in [1.807, 2.05) is 30.3 Å². The highest BCUT2D eigenvalue weighted by Gasteiger charge is 2.17. The van der Waals surface area contributed by atoms with E-state index >= 15 is 0 Å². The molecular weight excluding hydrogens is 188 g/mol. The molecule has 0 spiro atoms. The van der Waals surface area contributed by atoms with Gasteiger partial charge in [-0.15, -0.1) is 0 Å².